The van der Waals surface area contributed by atoms with Crippen molar-refractivity contribution in [3.63, 3.8) is 0 Å². The highest BCUT2D eigenvalue weighted by molar-refractivity contribution is 6.07. The number of H-pyrrole nitrogens is 1. The van der Waals surface area contributed by atoms with Crippen molar-refractivity contribution in [3.05, 3.63) is 53.9 Å². The molecule has 1 aliphatic heterocycles. The molecule has 0 aliphatic carbocycles. The SMILES string of the molecule is N#Cc1c[nH]c(C(=O)N[C@H]2CN(c3ccccc3)C2=O)c1. The Morgan fingerprint density at radius 3 is 2.76 bits per heavy atom. The number of β-lactam (4-membered cyclic amide) rings is 1. The number of nitrogens with one attached hydrogen (secondary N) is 2. The first kappa shape index (κ1) is 12.9. The van der Waals surface area contributed by atoms with Crippen molar-refractivity contribution in [3.8, 4) is 6.07 Å². The molecule has 6 heteroatoms. The Labute approximate surface area is 121 Å². The minimum atomic E-state index is -0.522. The zero-order valence-electron chi connectivity index (χ0n) is 11.0. The molecule has 21 heavy (non-hydrogen) atoms. The molecular weight excluding hydrogens is 268 g/mol. The van der Waals surface area contributed by atoms with E-state index in [4.69, 9.17) is 5.26 Å². The fourth-order valence-corrected chi connectivity index (χ4v) is 2.20. The molecule has 2 N–H and O–H groups in total. The summed E-state index contributed by atoms with van der Waals surface area (Å²) in [5, 5.41) is 11.4. The van der Waals surface area contributed by atoms with Crippen LogP contribution in [0.15, 0.2) is 42.6 Å². The van der Waals surface area contributed by atoms with Crippen LogP contribution in [0.2, 0.25) is 0 Å². The van der Waals surface area contributed by atoms with E-state index in [0.29, 0.717) is 12.1 Å². The predicted molar refractivity (Wildman–Crippen MR) is 75.6 cm³/mol. The maximum atomic E-state index is 12.0. The van der Waals surface area contributed by atoms with E-state index in [-0.39, 0.29) is 17.5 Å². The lowest BCUT2D eigenvalue weighted by molar-refractivity contribution is -0.124. The molecule has 1 aromatic heterocycles. The summed E-state index contributed by atoms with van der Waals surface area (Å²) in [6.07, 6.45) is 1.45. The summed E-state index contributed by atoms with van der Waals surface area (Å²) >= 11 is 0. The third-order valence-electron chi connectivity index (χ3n) is 3.36. The van der Waals surface area contributed by atoms with Gasteiger partial charge in [-0.05, 0) is 18.2 Å². The molecule has 1 saturated heterocycles. The molecule has 1 atom stereocenters. The molecule has 3 rings (SSSR count). The summed E-state index contributed by atoms with van der Waals surface area (Å²) in [4.78, 5) is 28.3. The van der Waals surface area contributed by atoms with Crippen molar-refractivity contribution in [1.82, 2.24) is 10.3 Å². The van der Waals surface area contributed by atoms with Gasteiger partial charge in [0.25, 0.3) is 11.8 Å². The van der Waals surface area contributed by atoms with Gasteiger partial charge in [0, 0.05) is 11.9 Å². The van der Waals surface area contributed by atoms with E-state index >= 15 is 0 Å². The lowest BCUT2D eigenvalue weighted by atomic mass is 10.1. The van der Waals surface area contributed by atoms with Crippen LogP contribution in [-0.2, 0) is 4.79 Å². The average Bonchev–Trinajstić information content (AvgIpc) is 3.00. The standard InChI is InChI=1S/C15H12N4O2/c16-7-10-6-12(17-8-10)14(20)18-13-9-19(15(13)21)11-4-2-1-3-5-11/h1-6,8,13,17H,9H2,(H,18,20)/t13-/m0/s1. The molecule has 6 nitrogen and oxygen atoms in total. The van der Waals surface area contributed by atoms with E-state index in [2.05, 4.69) is 10.3 Å². The quantitative estimate of drug-likeness (QED) is 0.823. The van der Waals surface area contributed by atoms with Crippen LogP contribution < -0.4 is 10.2 Å². The number of carbonyl (C=O) groups excluding carboxylic acids is 2. The smallest absolute Gasteiger partial charge is 0.268 e. The predicted octanol–water partition coefficient (Wildman–Crippen LogP) is 1.03. The minimum Gasteiger partial charge on any atom is -0.356 e. The molecule has 104 valence electrons. The number of hydrogen-bond donors (Lipinski definition) is 2. The van der Waals surface area contributed by atoms with Crippen molar-refractivity contribution in [2.75, 3.05) is 11.4 Å². The number of aromatic nitrogens is 1. The largest absolute Gasteiger partial charge is 0.356 e. The zero-order chi connectivity index (χ0) is 14.8. The van der Waals surface area contributed by atoms with Crippen molar-refractivity contribution >= 4 is 17.5 Å². The molecule has 0 bridgehead atoms. The molecule has 2 aromatic rings. The summed E-state index contributed by atoms with van der Waals surface area (Å²) in [5.74, 6) is -0.524. The van der Waals surface area contributed by atoms with E-state index in [1.165, 1.54) is 12.3 Å². The number of benzene rings is 1. The number of nitrogens with zero attached hydrogens (tertiary/aromatic N) is 2. The molecule has 0 saturated carbocycles. The van der Waals surface area contributed by atoms with E-state index in [1.807, 2.05) is 36.4 Å². The van der Waals surface area contributed by atoms with E-state index in [1.54, 1.807) is 4.90 Å². The van der Waals surface area contributed by atoms with Gasteiger partial charge in [0.2, 0.25) is 0 Å². The second kappa shape index (κ2) is 5.13. The van der Waals surface area contributed by atoms with Crippen LogP contribution in [0.3, 0.4) is 0 Å². The first-order valence-electron chi connectivity index (χ1n) is 6.45. The van der Waals surface area contributed by atoms with Gasteiger partial charge < -0.3 is 15.2 Å². The Morgan fingerprint density at radius 2 is 2.14 bits per heavy atom. The summed E-state index contributed by atoms with van der Waals surface area (Å²) in [6, 6.07) is 12.2. The summed E-state index contributed by atoms with van der Waals surface area (Å²) in [5.41, 5.74) is 1.48. The Bertz CT molecular complexity index is 730. The fraction of sp³-hybridized carbons (Fsp3) is 0.133. The molecule has 2 amide bonds. The normalized spacial score (nSPS) is 17.0. The second-order valence-electron chi connectivity index (χ2n) is 4.72. The van der Waals surface area contributed by atoms with Crippen LogP contribution in [0.25, 0.3) is 0 Å². The topological polar surface area (TPSA) is 89.0 Å². The molecule has 1 aliphatic rings. The van der Waals surface area contributed by atoms with Crippen molar-refractivity contribution in [2.45, 2.75) is 6.04 Å². The number of anilines is 1. The summed E-state index contributed by atoms with van der Waals surface area (Å²) in [7, 11) is 0. The number of hydrogen-bond acceptors (Lipinski definition) is 3. The number of carbonyl (C=O) groups is 2. The van der Waals surface area contributed by atoms with Crippen LogP contribution in [-0.4, -0.2) is 29.4 Å². The second-order valence-corrected chi connectivity index (χ2v) is 4.72. The Kier molecular flexibility index (Phi) is 3.16. The van der Waals surface area contributed by atoms with Gasteiger partial charge in [-0.1, -0.05) is 18.2 Å². The van der Waals surface area contributed by atoms with E-state index in [0.717, 1.165) is 5.69 Å². The highest BCUT2D eigenvalue weighted by atomic mass is 16.2. The number of rotatable bonds is 3. The number of para-hydroxylation sites is 1. The van der Waals surface area contributed by atoms with Crippen LogP contribution in [0.4, 0.5) is 5.69 Å². The Morgan fingerprint density at radius 1 is 1.38 bits per heavy atom. The van der Waals surface area contributed by atoms with Gasteiger partial charge in [0.1, 0.15) is 17.8 Å². The number of aromatic amines is 1. The average molecular weight is 280 g/mol. The molecule has 0 radical (unpaired) electrons. The fourth-order valence-electron chi connectivity index (χ4n) is 2.20. The first-order chi connectivity index (χ1) is 10.2. The minimum absolute atomic E-state index is 0.137. The number of nitriles is 1. The monoisotopic (exact) mass is 280 g/mol. The third kappa shape index (κ3) is 2.37. The van der Waals surface area contributed by atoms with Gasteiger partial charge >= 0.3 is 0 Å². The molecule has 2 heterocycles. The highest BCUT2D eigenvalue weighted by Crippen LogP contribution is 2.21. The van der Waals surface area contributed by atoms with Gasteiger partial charge in [-0.2, -0.15) is 5.26 Å². The molecule has 0 unspecified atom stereocenters. The first-order valence-corrected chi connectivity index (χ1v) is 6.45. The zero-order valence-corrected chi connectivity index (χ0v) is 11.0. The maximum absolute atomic E-state index is 12.0. The van der Waals surface area contributed by atoms with Gasteiger partial charge in [0.15, 0.2) is 0 Å². The summed E-state index contributed by atoms with van der Waals surface area (Å²) in [6.45, 7) is 0.445. The molecule has 1 fully saturated rings. The van der Waals surface area contributed by atoms with Gasteiger partial charge in [-0.3, -0.25) is 9.59 Å². The van der Waals surface area contributed by atoms with Crippen molar-refractivity contribution in [2.24, 2.45) is 0 Å². The molecular formula is C15H12N4O2. The summed E-state index contributed by atoms with van der Waals surface area (Å²) < 4.78 is 0. The van der Waals surface area contributed by atoms with Gasteiger partial charge in [-0.25, -0.2) is 0 Å². The van der Waals surface area contributed by atoms with Crippen molar-refractivity contribution in [1.29, 1.82) is 5.26 Å². The lowest BCUT2D eigenvalue weighted by Crippen LogP contribution is -2.64. The van der Waals surface area contributed by atoms with E-state index in [9.17, 15) is 9.59 Å². The van der Waals surface area contributed by atoms with Gasteiger partial charge in [-0.15, -0.1) is 0 Å². The van der Waals surface area contributed by atoms with Crippen LogP contribution in [0.1, 0.15) is 16.1 Å². The van der Waals surface area contributed by atoms with Crippen LogP contribution in [0.5, 0.6) is 0 Å². The molecule has 0 spiro atoms. The highest BCUT2D eigenvalue weighted by Gasteiger charge is 2.38. The molecule has 1 aromatic carbocycles. The Hall–Kier alpha value is -3.07. The van der Waals surface area contributed by atoms with Crippen LogP contribution in [0, 0.1) is 11.3 Å². The lowest BCUT2D eigenvalue weighted by Gasteiger charge is -2.38. The van der Waals surface area contributed by atoms with Crippen LogP contribution >= 0.6 is 0 Å². The third-order valence-corrected chi connectivity index (χ3v) is 3.36. The van der Waals surface area contributed by atoms with Crippen molar-refractivity contribution < 1.29 is 9.59 Å². The maximum Gasteiger partial charge on any atom is 0.268 e. The van der Waals surface area contributed by atoms with E-state index < -0.39 is 6.04 Å². The Balaban J connectivity index is 1.62. The number of amides is 2. The van der Waals surface area contributed by atoms with Gasteiger partial charge in [0.05, 0.1) is 12.1 Å².